The van der Waals surface area contributed by atoms with E-state index in [-0.39, 0.29) is 10.5 Å². The second kappa shape index (κ2) is 5.95. The summed E-state index contributed by atoms with van der Waals surface area (Å²) >= 11 is 3.32. The van der Waals surface area contributed by atoms with Gasteiger partial charge in [-0.1, -0.05) is 17.8 Å². The monoisotopic (exact) mass is 375 g/mol. The molecule has 3 fully saturated rings. The highest BCUT2D eigenvalue weighted by molar-refractivity contribution is 8.22. The number of amides is 1. The zero-order valence-corrected chi connectivity index (χ0v) is 15.9. The summed E-state index contributed by atoms with van der Waals surface area (Å²) in [6.45, 7) is 0. The third-order valence-corrected chi connectivity index (χ3v) is 9.14. The summed E-state index contributed by atoms with van der Waals surface area (Å²) in [5.74, 6) is 4.10. The second-order valence-corrected chi connectivity index (χ2v) is 9.68. The van der Waals surface area contributed by atoms with E-state index in [0.29, 0.717) is 17.1 Å². The Hall–Kier alpha value is -1.14. The normalized spacial score (nSPS) is 38.3. The molecule has 1 amide bonds. The van der Waals surface area contributed by atoms with Crippen molar-refractivity contribution in [1.82, 2.24) is 0 Å². The quantitative estimate of drug-likeness (QED) is 0.774. The molecule has 0 aromatic heterocycles. The summed E-state index contributed by atoms with van der Waals surface area (Å²) < 4.78 is 10.9. The molecule has 1 aromatic rings. The van der Waals surface area contributed by atoms with E-state index in [1.807, 2.05) is 17.8 Å². The maximum Gasteiger partial charge on any atom is 0.306 e. The molecule has 2 aliphatic carbocycles. The number of methoxy groups -OCH3 is 2. The Morgan fingerprint density at radius 2 is 1.88 bits per heavy atom. The molecule has 0 N–H and O–H groups in total. The number of hydrogen-bond donors (Lipinski definition) is 0. The van der Waals surface area contributed by atoms with E-state index in [1.165, 1.54) is 36.6 Å². The molecular weight excluding hydrogens is 354 g/mol. The number of ether oxygens (including phenoxy) is 2. The van der Waals surface area contributed by atoms with Crippen molar-refractivity contribution in [3.8, 4) is 11.5 Å². The fraction of sp³-hybridized carbons (Fsp3) is 0.579. The van der Waals surface area contributed by atoms with Gasteiger partial charge in [-0.2, -0.15) is 0 Å². The van der Waals surface area contributed by atoms with Crippen molar-refractivity contribution in [3.05, 3.63) is 23.8 Å². The molecule has 25 heavy (non-hydrogen) atoms. The van der Waals surface area contributed by atoms with Crippen LogP contribution < -0.4 is 9.47 Å². The summed E-state index contributed by atoms with van der Waals surface area (Å²) in [4.78, 5) is 16.4. The molecule has 6 atom stereocenters. The van der Waals surface area contributed by atoms with Gasteiger partial charge in [0.05, 0.1) is 24.5 Å². The molecule has 2 heterocycles. The molecule has 2 saturated carbocycles. The van der Waals surface area contributed by atoms with Crippen LogP contribution >= 0.6 is 23.5 Å². The Kier molecular flexibility index (Phi) is 3.82. The summed E-state index contributed by atoms with van der Waals surface area (Å²) in [6.07, 6.45) is 4.04. The molecule has 5 rings (SSSR count). The van der Waals surface area contributed by atoms with Crippen molar-refractivity contribution in [1.29, 1.82) is 0 Å². The van der Waals surface area contributed by atoms with E-state index >= 15 is 0 Å². The lowest BCUT2D eigenvalue weighted by atomic mass is 9.73. The van der Waals surface area contributed by atoms with E-state index in [4.69, 9.17) is 9.47 Å². The van der Waals surface area contributed by atoms with Crippen LogP contribution in [-0.2, 0) is 0 Å². The molecule has 6 unspecified atom stereocenters. The first-order chi connectivity index (χ1) is 12.2. The fourth-order valence-electron chi connectivity index (χ4n) is 5.41. The predicted octanol–water partition coefficient (Wildman–Crippen LogP) is 4.58. The average molecular weight is 376 g/mol. The second-order valence-electron chi connectivity index (χ2n) is 7.39. The van der Waals surface area contributed by atoms with E-state index in [1.54, 1.807) is 14.2 Å². The SMILES string of the molecule is COc1ccc(C2C3SC(=O)N=C3SC3C4CCC(C4)C32)cc1OC. The number of rotatable bonds is 3. The molecule has 4 nitrogen and oxygen atoms in total. The number of carbonyl (C=O) groups excluding carboxylic acids is 1. The minimum absolute atomic E-state index is 0.0229. The van der Waals surface area contributed by atoms with Gasteiger partial charge in [-0.05, 0) is 54.7 Å². The van der Waals surface area contributed by atoms with Crippen LogP contribution in [0.1, 0.15) is 30.7 Å². The lowest BCUT2D eigenvalue weighted by molar-refractivity contribution is 0.268. The first-order valence-corrected chi connectivity index (χ1v) is 10.6. The third kappa shape index (κ3) is 2.36. The predicted molar refractivity (Wildman–Crippen MR) is 102 cm³/mol. The molecule has 2 bridgehead atoms. The van der Waals surface area contributed by atoms with Gasteiger partial charge >= 0.3 is 5.24 Å². The van der Waals surface area contributed by atoms with Crippen LogP contribution in [0.5, 0.6) is 11.5 Å². The molecule has 1 aromatic carbocycles. The van der Waals surface area contributed by atoms with Crippen LogP contribution in [0.4, 0.5) is 4.79 Å². The molecular formula is C19H21NO3S2. The standard InChI is InChI=1S/C19H21NO3S2/c1-22-12-6-5-10(8-13(12)23-2)15-14-9-3-4-11(7-9)16(14)24-18-17(15)25-19(21)20-18/h5-6,8-9,11,14-17H,3-4,7H2,1-2H3. The smallest absolute Gasteiger partial charge is 0.306 e. The van der Waals surface area contributed by atoms with E-state index in [0.717, 1.165) is 28.4 Å². The molecule has 0 spiro atoms. The summed E-state index contributed by atoms with van der Waals surface area (Å²) in [6, 6.07) is 6.27. The first-order valence-electron chi connectivity index (χ1n) is 8.87. The number of thioether (sulfide) groups is 2. The number of hydrogen-bond acceptors (Lipinski definition) is 5. The lowest BCUT2D eigenvalue weighted by Crippen LogP contribution is -2.42. The van der Waals surface area contributed by atoms with Gasteiger partial charge in [0.2, 0.25) is 0 Å². The van der Waals surface area contributed by atoms with Crippen molar-refractivity contribution < 1.29 is 14.3 Å². The van der Waals surface area contributed by atoms with Gasteiger partial charge in [0.1, 0.15) is 0 Å². The van der Waals surface area contributed by atoms with Gasteiger partial charge in [0.15, 0.2) is 11.5 Å². The number of aliphatic imine (C=N–C) groups is 1. The Balaban J connectivity index is 1.59. The van der Waals surface area contributed by atoms with Gasteiger partial charge in [-0.3, -0.25) is 4.79 Å². The van der Waals surface area contributed by atoms with Crippen molar-refractivity contribution in [3.63, 3.8) is 0 Å². The molecule has 0 radical (unpaired) electrons. The van der Waals surface area contributed by atoms with Gasteiger partial charge in [-0.25, -0.2) is 4.99 Å². The molecule has 1 saturated heterocycles. The zero-order valence-electron chi connectivity index (χ0n) is 14.3. The summed E-state index contributed by atoms with van der Waals surface area (Å²) in [5, 5.41) is 1.84. The lowest BCUT2D eigenvalue weighted by Gasteiger charge is -2.43. The van der Waals surface area contributed by atoms with Crippen molar-refractivity contribution in [2.75, 3.05) is 14.2 Å². The van der Waals surface area contributed by atoms with E-state index in [9.17, 15) is 4.79 Å². The minimum Gasteiger partial charge on any atom is -0.493 e. The minimum atomic E-state index is -0.0229. The van der Waals surface area contributed by atoms with Crippen LogP contribution in [0.25, 0.3) is 0 Å². The maximum atomic E-state index is 12.0. The van der Waals surface area contributed by atoms with Crippen LogP contribution in [0.2, 0.25) is 0 Å². The average Bonchev–Trinajstić information content (AvgIpc) is 3.32. The third-order valence-electron chi connectivity index (χ3n) is 6.36. The van der Waals surface area contributed by atoms with E-state index in [2.05, 4.69) is 17.1 Å². The van der Waals surface area contributed by atoms with Crippen LogP contribution in [0.15, 0.2) is 23.2 Å². The van der Waals surface area contributed by atoms with Crippen molar-refractivity contribution in [2.45, 2.75) is 35.7 Å². The Bertz CT molecular complexity index is 765. The highest BCUT2D eigenvalue weighted by atomic mass is 32.2. The zero-order chi connectivity index (χ0) is 17.1. The van der Waals surface area contributed by atoms with Gasteiger partial charge in [0, 0.05) is 11.2 Å². The van der Waals surface area contributed by atoms with Crippen LogP contribution in [0, 0.1) is 17.8 Å². The van der Waals surface area contributed by atoms with Gasteiger partial charge in [-0.15, -0.1) is 11.8 Å². The van der Waals surface area contributed by atoms with Crippen molar-refractivity contribution in [2.24, 2.45) is 22.7 Å². The number of fused-ring (bicyclic) bond motifs is 6. The Morgan fingerprint density at radius 1 is 1.08 bits per heavy atom. The van der Waals surface area contributed by atoms with Gasteiger partial charge in [0.25, 0.3) is 0 Å². The summed E-state index contributed by atoms with van der Waals surface area (Å²) in [5.41, 5.74) is 1.26. The highest BCUT2D eigenvalue weighted by Crippen LogP contribution is 2.63. The Labute approximate surface area is 156 Å². The number of nitrogens with zero attached hydrogens (tertiary/aromatic N) is 1. The number of benzene rings is 1. The van der Waals surface area contributed by atoms with Crippen LogP contribution in [-0.4, -0.2) is 35.0 Å². The maximum absolute atomic E-state index is 12.0. The largest absolute Gasteiger partial charge is 0.493 e. The topological polar surface area (TPSA) is 47.9 Å². The molecule has 2 aliphatic heterocycles. The molecule has 6 heteroatoms. The van der Waals surface area contributed by atoms with Crippen LogP contribution in [0.3, 0.4) is 0 Å². The number of carbonyl (C=O) groups is 1. The fourth-order valence-corrected chi connectivity index (χ4v) is 8.47. The van der Waals surface area contributed by atoms with E-state index < -0.39 is 0 Å². The van der Waals surface area contributed by atoms with Gasteiger partial charge < -0.3 is 9.47 Å². The van der Waals surface area contributed by atoms with Crippen molar-refractivity contribution >= 4 is 33.8 Å². The molecule has 4 aliphatic rings. The first kappa shape index (κ1) is 16.1. The Morgan fingerprint density at radius 3 is 2.68 bits per heavy atom. The summed E-state index contributed by atoms with van der Waals surface area (Å²) in [7, 11) is 3.34. The molecule has 132 valence electrons. The highest BCUT2D eigenvalue weighted by Gasteiger charge is 2.58.